The van der Waals surface area contributed by atoms with Crippen LogP contribution in [0.5, 0.6) is 0 Å². The minimum Gasteiger partial charge on any atom is -0.395 e. The molecule has 0 aliphatic carbocycles. The van der Waals surface area contributed by atoms with Crippen LogP contribution in [0.4, 0.5) is 0 Å². The predicted octanol–water partition coefficient (Wildman–Crippen LogP) is 12.5. The monoisotopic (exact) mass is 765 g/mol. The van der Waals surface area contributed by atoms with Crippen molar-refractivity contribution >= 4 is 0 Å². The largest absolute Gasteiger partial charge is 0.395 e. The van der Waals surface area contributed by atoms with E-state index >= 15 is 0 Å². The van der Waals surface area contributed by atoms with Crippen LogP contribution in [0.3, 0.4) is 0 Å². The highest BCUT2D eigenvalue weighted by Crippen LogP contribution is 2.52. The van der Waals surface area contributed by atoms with E-state index in [1.165, 1.54) is 11.1 Å². The smallest absolute Gasteiger partial charge is 0.128 e. The molecule has 4 atom stereocenters. The Kier molecular flexibility index (Phi) is 23.0. The third-order valence-electron chi connectivity index (χ3n) is 13.5. The Bertz CT molecular complexity index is 1170. The van der Waals surface area contributed by atoms with Gasteiger partial charge in [-0.25, -0.2) is 0 Å². The summed E-state index contributed by atoms with van der Waals surface area (Å²) in [6, 6.07) is 9.17. The number of unbranched alkanes of at least 4 members (excludes halogenated alkanes) is 4. The molecular formula is C51H88O4. The van der Waals surface area contributed by atoms with E-state index in [1.807, 2.05) is 0 Å². The van der Waals surface area contributed by atoms with E-state index < -0.39 is 30.8 Å². The quantitative estimate of drug-likeness (QED) is 0.0638. The minimum atomic E-state index is -1.83. The normalized spacial score (nSPS) is 15.5. The van der Waals surface area contributed by atoms with Gasteiger partial charge in [-0.15, -0.1) is 0 Å². The van der Waals surface area contributed by atoms with E-state index in [0.717, 1.165) is 162 Å². The zero-order valence-corrected chi connectivity index (χ0v) is 37.7. The Labute approximate surface area is 340 Å². The van der Waals surface area contributed by atoms with Gasteiger partial charge in [-0.2, -0.15) is 0 Å². The molecule has 2 aromatic rings. The molecule has 2 aromatic carbocycles. The molecule has 0 heterocycles. The molecule has 55 heavy (non-hydrogen) atoms. The van der Waals surface area contributed by atoms with E-state index in [0.29, 0.717) is 23.7 Å². The molecule has 316 valence electrons. The average Bonchev–Trinajstić information content (AvgIpc) is 3.18. The van der Waals surface area contributed by atoms with E-state index in [1.54, 1.807) is 0 Å². The molecule has 0 aliphatic heterocycles. The van der Waals surface area contributed by atoms with E-state index in [2.05, 4.69) is 93.5 Å². The zero-order chi connectivity index (χ0) is 41.0. The number of aryl methyl sites for hydroxylation is 2. The fraction of sp³-hybridized carbons (Fsp3) is 0.765. The van der Waals surface area contributed by atoms with Gasteiger partial charge in [0.2, 0.25) is 0 Å². The van der Waals surface area contributed by atoms with Crippen molar-refractivity contribution in [1.82, 2.24) is 0 Å². The molecule has 4 N–H and O–H groups in total. The van der Waals surface area contributed by atoms with Crippen LogP contribution in [0.25, 0.3) is 0 Å². The first kappa shape index (κ1) is 49.4. The number of aliphatic hydroxyl groups excluding tert-OH is 3. The van der Waals surface area contributed by atoms with Crippen LogP contribution < -0.4 is 0 Å². The maximum absolute atomic E-state index is 14.5. The molecule has 0 radical (unpaired) electrons. The van der Waals surface area contributed by atoms with Crippen LogP contribution in [0.15, 0.2) is 24.3 Å². The summed E-state index contributed by atoms with van der Waals surface area (Å²) in [5.74, 6) is 1.78. The van der Waals surface area contributed by atoms with Gasteiger partial charge in [0.15, 0.2) is 0 Å². The standard InChI is InChI=1S/C51H88O4/c1-11-19-23-40(15-5)31-44-27-38(9)28-45(32-41(16-6)24-20-12-2)48(44)51(55,50(35-52,36-53)37-54)49-46(33-42(17-7)25-21-13-3)29-39(10)30-47(49)34-43(18-8)26-22-14-4/h27-30,40-43,52-55H,11-26,31-37H2,1-10H3. The predicted molar refractivity (Wildman–Crippen MR) is 237 cm³/mol. The summed E-state index contributed by atoms with van der Waals surface area (Å²) in [5.41, 5.74) is 5.14. The second-order valence-corrected chi connectivity index (χ2v) is 17.9. The maximum atomic E-state index is 14.5. The first-order valence-corrected chi connectivity index (χ1v) is 23.3. The SMILES string of the molecule is CCCCC(CC)Cc1cc(C)cc(CC(CC)CCCC)c1C(O)(c1c(CC(CC)CCCC)cc(C)cc1CC(CC)CCCC)C(CO)(CO)CO. The summed E-state index contributed by atoms with van der Waals surface area (Å²) in [5, 5.41) is 49.3. The van der Waals surface area contributed by atoms with Gasteiger partial charge >= 0.3 is 0 Å². The Hall–Kier alpha value is -1.72. The average molecular weight is 765 g/mol. The van der Waals surface area contributed by atoms with Crippen molar-refractivity contribution in [2.24, 2.45) is 29.1 Å². The van der Waals surface area contributed by atoms with Crippen LogP contribution in [-0.2, 0) is 31.3 Å². The number of aliphatic hydroxyl groups is 4. The third-order valence-corrected chi connectivity index (χ3v) is 13.5. The molecule has 0 bridgehead atoms. The molecule has 0 saturated heterocycles. The second kappa shape index (κ2) is 25.6. The van der Waals surface area contributed by atoms with Crippen LogP contribution >= 0.6 is 0 Å². The topological polar surface area (TPSA) is 80.9 Å². The summed E-state index contributed by atoms with van der Waals surface area (Å²) in [4.78, 5) is 0. The lowest BCUT2D eigenvalue weighted by molar-refractivity contribution is -0.137. The lowest BCUT2D eigenvalue weighted by atomic mass is 9.60. The summed E-state index contributed by atoms with van der Waals surface area (Å²) in [7, 11) is 0. The molecule has 0 amide bonds. The van der Waals surface area contributed by atoms with Gasteiger partial charge in [0.1, 0.15) is 5.60 Å². The minimum absolute atomic E-state index is 0.445. The molecule has 4 nitrogen and oxygen atoms in total. The van der Waals surface area contributed by atoms with Gasteiger partial charge in [-0.05, 0) is 96.6 Å². The third kappa shape index (κ3) is 13.1. The first-order valence-electron chi connectivity index (χ1n) is 23.3. The van der Waals surface area contributed by atoms with Crippen molar-refractivity contribution in [3.05, 3.63) is 68.8 Å². The van der Waals surface area contributed by atoms with Crippen molar-refractivity contribution < 1.29 is 20.4 Å². The van der Waals surface area contributed by atoms with Crippen molar-refractivity contribution in [1.29, 1.82) is 0 Å². The number of benzene rings is 2. The number of rotatable bonds is 30. The van der Waals surface area contributed by atoms with Crippen LogP contribution in [0.2, 0.25) is 0 Å². The molecule has 4 unspecified atom stereocenters. The number of hydrogen-bond donors (Lipinski definition) is 4. The molecule has 4 heteroatoms. The summed E-state index contributed by atoms with van der Waals surface area (Å²) in [6.45, 7) is 21.0. The molecule has 2 rings (SSSR count). The van der Waals surface area contributed by atoms with Crippen LogP contribution in [0, 0.1) is 42.9 Å². The maximum Gasteiger partial charge on any atom is 0.128 e. The molecule has 0 spiro atoms. The lowest BCUT2D eigenvalue weighted by Gasteiger charge is -2.49. The summed E-state index contributed by atoms with van der Waals surface area (Å²) < 4.78 is 0. The molecule has 0 aromatic heterocycles. The lowest BCUT2D eigenvalue weighted by Crippen LogP contribution is -2.56. The first-order chi connectivity index (χ1) is 26.5. The fourth-order valence-corrected chi connectivity index (χ4v) is 9.62. The van der Waals surface area contributed by atoms with E-state index in [4.69, 9.17) is 0 Å². The molecular weight excluding hydrogens is 677 g/mol. The highest BCUT2D eigenvalue weighted by molar-refractivity contribution is 5.56. The highest BCUT2D eigenvalue weighted by Gasteiger charge is 2.55. The van der Waals surface area contributed by atoms with Gasteiger partial charge in [-0.3, -0.25) is 0 Å². The molecule has 0 fully saturated rings. The van der Waals surface area contributed by atoms with Crippen molar-refractivity contribution in [3.8, 4) is 0 Å². The van der Waals surface area contributed by atoms with E-state index in [-0.39, 0.29) is 0 Å². The van der Waals surface area contributed by atoms with Gasteiger partial charge in [0, 0.05) is 0 Å². The summed E-state index contributed by atoms with van der Waals surface area (Å²) >= 11 is 0. The van der Waals surface area contributed by atoms with Crippen LogP contribution in [-0.4, -0.2) is 40.2 Å². The van der Waals surface area contributed by atoms with Crippen molar-refractivity contribution in [2.45, 2.75) is 203 Å². The van der Waals surface area contributed by atoms with Crippen molar-refractivity contribution in [2.75, 3.05) is 19.8 Å². The summed E-state index contributed by atoms with van der Waals surface area (Å²) in [6.07, 6.45) is 21.2. The molecule has 0 aliphatic rings. The van der Waals surface area contributed by atoms with Gasteiger partial charge in [0.25, 0.3) is 0 Å². The second-order valence-electron chi connectivity index (χ2n) is 17.9. The Morgan fingerprint density at radius 1 is 0.436 bits per heavy atom. The fourth-order valence-electron chi connectivity index (χ4n) is 9.62. The van der Waals surface area contributed by atoms with Crippen LogP contribution in [0.1, 0.15) is 203 Å². The van der Waals surface area contributed by atoms with Gasteiger partial charge in [0.05, 0.1) is 25.2 Å². The Morgan fingerprint density at radius 2 is 0.673 bits per heavy atom. The van der Waals surface area contributed by atoms with E-state index in [9.17, 15) is 20.4 Å². The van der Waals surface area contributed by atoms with Gasteiger partial charge in [-0.1, -0.05) is 194 Å². The van der Waals surface area contributed by atoms with Gasteiger partial charge < -0.3 is 20.4 Å². The molecule has 0 saturated carbocycles. The number of hydrogen-bond acceptors (Lipinski definition) is 4. The zero-order valence-electron chi connectivity index (χ0n) is 37.7. The highest BCUT2D eigenvalue weighted by atomic mass is 16.3. The Balaban J connectivity index is 3.34. The van der Waals surface area contributed by atoms with Crippen molar-refractivity contribution in [3.63, 3.8) is 0 Å². The Morgan fingerprint density at radius 3 is 0.855 bits per heavy atom.